The quantitative estimate of drug-likeness (QED) is 0.758. The molecule has 1 atom stereocenters. The fraction of sp³-hybridized carbons (Fsp3) is 0.643. The van der Waals surface area contributed by atoms with Crippen LogP contribution >= 0.6 is 0 Å². The molecule has 0 bridgehead atoms. The third-order valence-electron chi connectivity index (χ3n) is 3.51. The molecule has 0 saturated carbocycles. The molecule has 0 spiro atoms. The van der Waals surface area contributed by atoms with Crippen LogP contribution in [0, 0.1) is 5.82 Å². The van der Waals surface area contributed by atoms with E-state index in [4.69, 9.17) is 4.74 Å². The average Bonchev–Trinajstić information content (AvgIpc) is 2.82. The van der Waals surface area contributed by atoms with E-state index in [1.54, 1.807) is 19.4 Å². The summed E-state index contributed by atoms with van der Waals surface area (Å²) in [6, 6.07) is 2.10. The molecule has 19 heavy (non-hydrogen) atoms. The van der Waals surface area contributed by atoms with Crippen LogP contribution in [0.2, 0.25) is 0 Å². The molecule has 1 aromatic heterocycles. The number of aromatic nitrogens is 1. The standard InChI is InChI=1S/C14H22FN3O/c1-19-6-4-16-10-14-3-2-5-18(14)11-12-7-13(15)9-17-8-12/h7-9,14,16H,2-6,10-11H2,1H3. The summed E-state index contributed by atoms with van der Waals surface area (Å²) >= 11 is 0. The molecule has 1 aliphatic heterocycles. The van der Waals surface area contributed by atoms with Gasteiger partial charge in [-0.3, -0.25) is 9.88 Å². The van der Waals surface area contributed by atoms with Gasteiger partial charge in [0, 0.05) is 39.0 Å². The van der Waals surface area contributed by atoms with Crippen molar-refractivity contribution in [3.8, 4) is 0 Å². The van der Waals surface area contributed by atoms with Crippen LogP contribution in [-0.2, 0) is 11.3 Å². The van der Waals surface area contributed by atoms with E-state index >= 15 is 0 Å². The minimum absolute atomic E-state index is 0.258. The van der Waals surface area contributed by atoms with E-state index in [2.05, 4.69) is 15.2 Å². The van der Waals surface area contributed by atoms with Crippen LogP contribution < -0.4 is 5.32 Å². The lowest BCUT2D eigenvalue weighted by Crippen LogP contribution is -2.38. The molecule has 0 amide bonds. The fourth-order valence-corrected chi connectivity index (χ4v) is 2.55. The number of likely N-dealkylation sites (tertiary alicyclic amines) is 1. The molecule has 1 aromatic rings. The van der Waals surface area contributed by atoms with Crippen molar-refractivity contribution in [1.82, 2.24) is 15.2 Å². The van der Waals surface area contributed by atoms with E-state index in [0.29, 0.717) is 6.04 Å². The molecule has 1 aliphatic rings. The minimum atomic E-state index is -0.258. The lowest BCUT2D eigenvalue weighted by Gasteiger charge is -2.24. The van der Waals surface area contributed by atoms with Gasteiger partial charge >= 0.3 is 0 Å². The molecule has 1 saturated heterocycles. The first kappa shape index (κ1) is 14.4. The van der Waals surface area contributed by atoms with Gasteiger partial charge in [-0.25, -0.2) is 4.39 Å². The van der Waals surface area contributed by atoms with Gasteiger partial charge in [0.15, 0.2) is 0 Å². The lowest BCUT2D eigenvalue weighted by atomic mass is 10.2. The zero-order valence-corrected chi connectivity index (χ0v) is 11.4. The van der Waals surface area contributed by atoms with E-state index in [0.717, 1.165) is 38.3 Å². The number of hydrogen-bond donors (Lipinski definition) is 1. The summed E-state index contributed by atoms with van der Waals surface area (Å²) in [5, 5.41) is 3.40. The van der Waals surface area contributed by atoms with Gasteiger partial charge in [-0.2, -0.15) is 0 Å². The Morgan fingerprint density at radius 1 is 1.53 bits per heavy atom. The monoisotopic (exact) mass is 267 g/mol. The second kappa shape index (κ2) is 7.53. The molecule has 0 aliphatic carbocycles. The Labute approximate surface area is 114 Å². The van der Waals surface area contributed by atoms with E-state index in [9.17, 15) is 4.39 Å². The molecule has 2 heterocycles. The minimum Gasteiger partial charge on any atom is -0.383 e. The maximum atomic E-state index is 13.1. The van der Waals surface area contributed by atoms with Crippen LogP contribution in [0.25, 0.3) is 0 Å². The van der Waals surface area contributed by atoms with Gasteiger partial charge in [0.1, 0.15) is 5.82 Å². The Balaban J connectivity index is 1.81. The van der Waals surface area contributed by atoms with Crippen LogP contribution in [-0.4, -0.2) is 49.3 Å². The highest BCUT2D eigenvalue weighted by atomic mass is 19.1. The zero-order valence-electron chi connectivity index (χ0n) is 11.4. The summed E-state index contributed by atoms with van der Waals surface area (Å²) in [6.07, 6.45) is 5.40. The molecular formula is C14H22FN3O. The van der Waals surface area contributed by atoms with Gasteiger partial charge in [0.2, 0.25) is 0 Å². The Kier molecular flexibility index (Phi) is 5.69. The highest BCUT2D eigenvalue weighted by Gasteiger charge is 2.24. The van der Waals surface area contributed by atoms with E-state index in [1.165, 1.54) is 19.0 Å². The maximum absolute atomic E-state index is 13.1. The van der Waals surface area contributed by atoms with Crippen LogP contribution in [0.15, 0.2) is 18.5 Å². The largest absolute Gasteiger partial charge is 0.383 e. The molecule has 5 heteroatoms. The predicted molar refractivity (Wildman–Crippen MR) is 72.4 cm³/mol. The Bertz CT molecular complexity index is 389. The fourth-order valence-electron chi connectivity index (χ4n) is 2.55. The van der Waals surface area contributed by atoms with Gasteiger partial charge in [0.25, 0.3) is 0 Å². The Morgan fingerprint density at radius 2 is 2.42 bits per heavy atom. The maximum Gasteiger partial charge on any atom is 0.141 e. The third kappa shape index (κ3) is 4.53. The summed E-state index contributed by atoms with van der Waals surface area (Å²) in [5.74, 6) is -0.258. The third-order valence-corrected chi connectivity index (χ3v) is 3.51. The van der Waals surface area contributed by atoms with Crippen molar-refractivity contribution >= 4 is 0 Å². The number of methoxy groups -OCH3 is 1. The van der Waals surface area contributed by atoms with Gasteiger partial charge in [-0.05, 0) is 31.0 Å². The van der Waals surface area contributed by atoms with Crippen LogP contribution in [0.4, 0.5) is 4.39 Å². The van der Waals surface area contributed by atoms with Crippen molar-refractivity contribution in [3.05, 3.63) is 29.8 Å². The second-order valence-corrected chi connectivity index (χ2v) is 4.97. The number of rotatable bonds is 7. The SMILES string of the molecule is COCCNCC1CCCN1Cc1cncc(F)c1. The molecule has 2 rings (SSSR count). The first-order chi connectivity index (χ1) is 9.29. The van der Waals surface area contributed by atoms with E-state index in [-0.39, 0.29) is 5.82 Å². The summed E-state index contributed by atoms with van der Waals surface area (Å²) in [5.41, 5.74) is 0.948. The number of pyridine rings is 1. The smallest absolute Gasteiger partial charge is 0.141 e. The van der Waals surface area contributed by atoms with Gasteiger partial charge < -0.3 is 10.1 Å². The summed E-state index contributed by atoms with van der Waals surface area (Å²) < 4.78 is 18.1. The summed E-state index contributed by atoms with van der Waals surface area (Å²) in [4.78, 5) is 6.30. The van der Waals surface area contributed by atoms with Crippen molar-refractivity contribution in [1.29, 1.82) is 0 Å². The molecule has 1 unspecified atom stereocenters. The van der Waals surface area contributed by atoms with Gasteiger partial charge in [-0.1, -0.05) is 0 Å². The zero-order chi connectivity index (χ0) is 13.5. The van der Waals surface area contributed by atoms with E-state index < -0.39 is 0 Å². The number of nitrogens with zero attached hydrogens (tertiary/aromatic N) is 2. The van der Waals surface area contributed by atoms with Gasteiger partial charge in [0.05, 0.1) is 12.8 Å². The average molecular weight is 267 g/mol. The van der Waals surface area contributed by atoms with Crippen LogP contribution in [0.1, 0.15) is 18.4 Å². The number of ether oxygens (including phenoxy) is 1. The lowest BCUT2D eigenvalue weighted by molar-refractivity contribution is 0.191. The van der Waals surface area contributed by atoms with Crippen molar-refractivity contribution in [2.24, 2.45) is 0 Å². The molecule has 4 nitrogen and oxygen atoms in total. The molecule has 0 aromatic carbocycles. The molecular weight excluding hydrogens is 245 g/mol. The van der Waals surface area contributed by atoms with Gasteiger partial charge in [-0.15, -0.1) is 0 Å². The number of hydrogen-bond acceptors (Lipinski definition) is 4. The van der Waals surface area contributed by atoms with Crippen LogP contribution in [0.3, 0.4) is 0 Å². The Morgan fingerprint density at radius 3 is 3.21 bits per heavy atom. The molecule has 1 fully saturated rings. The summed E-state index contributed by atoms with van der Waals surface area (Å²) in [6.45, 7) is 4.43. The number of nitrogens with one attached hydrogen (secondary N) is 1. The van der Waals surface area contributed by atoms with Crippen molar-refractivity contribution < 1.29 is 9.13 Å². The van der Waals surface area contributed by atoms with Crippen molar-refractivity contribution in [2.45, 2.75) is 25.4 Å². The van der Waals surface area contributed by atoms with E-state index in [1.807, 2.05) is 0 Å². The first-order valence-corrected chi connectivity index (χ1v) is 6.82. The van der Waals surface area contributed by atoms with Crippen molar-refractivity contribution in [3.63, 3.8) is 0 Å². The van der Waals surface area contributed by atoms with Crippen LogP contribution in [0.5, 0.6) is 0 Å². The number of halogens is 1. The topological polar surface area (TPSA) is 37.4 Å². The second-order valence-electron chi connectivity index (χ2n) is 4.97. The first-order valence-electron chi connectivity index (χ1n) is 6.82. The normalized spacial score (nSPS) is 20.0. The highest BCUT2D eigenvalue weighted by Crippen LogP contribution is 2.19. The predicted octanol–water partition coefficient (Wildman–Crippen LogP) is 1.42. The Hall–Kier alpha value is -1.04. The molecule has 1 N–H and O–H groups in total. The molecule has 0 radical (unpaired) electrons. The molecule has 106 valence electrons. The highest BCUT2D eigenvalue weighted by molar-refractivity contribution is 5.10. The van der Waals surface area contributed by atoms with Crippen molar-refractivity contribution in [2.75, 3.05) is 33.4 Å². The summed E-state index contributed by atoms with van der Waals surface area (Å²) in [7, 11) is 1.71.